The molecule has 0 saturated heterocycles. The minimum absolute atomic E-state index is 0.00294. The molecule has 0 aromatic rings. The third kappa shape index (κ3) is 6.40. The standard InChI is InChI=1S/C11H23N3O2/c1-4-5-6-13-9(15)7-14-11(16)10(12)8(2)3/h8,10H,4-7,12H2,1-3H3,(H,13,15)(H,14,16)/t10-/m0/s1. The smallest absolute Gasteiger partial charge is 0.239 e. The Labute approximate surface area is 97.2 Å². The predicted molar refractivity (Wildman–Crippen MR) is 63.7 cm³/mol. The van der Waals surface area contributed by atoms with Crippen molar-refractivity contribution < 1.29 is 9.59 Å². The van der Waals surface area contributed by atoms with Crippen molar-refractivity contribution in [3.8, 4) is 0 Å². The van der Waals surface area contributed by atoms with Crippen molar-refractivity contribution in [3.05, 3.63) is 0 Å². The van der Waals surface area contributed by atoms with Crippen LogP contribution in [0.5, 0.6) is 0 Å². The van der Waals surface area contributed by atoms with Gasteiger partial charge in [-0.1, -0.05) is 27.2 Å². The van der Waals surface area contributed by atoms with E-state index in [9.17, 15) is 9.59 Å². The molecule has 5 heteroatoms. The van der Waals surface area contributed by atoms with Gasteiger partial charge >= 0.3 is 0 Å². The minimum Gasteiger partial charge on any atom is -0.355 e. The Kier molecular flexibility index (Phi) is 7.54. The van der Waals surface area contributed by atoms with Crippen LogP contribution in [-0.4, -0.2) is 30.9 Å². The number of unbranched alkanes of at least 4 members (excludes halogenated alkanes) is 1. The highest BCUT2D eigenvalue weighted by Crippen LogP contribution is 1.97. The van der Waals surface area contributed by atoms with Gasteiger partial charge in [-0.15, -0.1) is 0 Å². The molecule has 0 saturated carbocycles. The summed E-state index contributed by atoms with van der Waals surface area (Å²) in [6.45, 7) is 6.44. The summed E-state index contributed by atoms with van der Waals surface area (Å²) < 4.78 is 0. The van der Waals surface area contributed by atoms with Crippen LogP contribution in [0.3, 0.4) is 0 Å². The molecule has 0 radical (unpaired) electrons. The highest BCUT2D eigenvalue weighted by molar-refractivity contribution is 5.87. The van der Waals surface area contributed by atoms with Gasteiger partial charge in [-0.3, -0.25) is 9.59 Å². The molecule has 0 rings (SSSR count). The third-order valence-electron chi connectivity index (χ3n) is 2.30. The molecule has 1 atom stereocenters. The van der Waals surface area contributed by atoms with Gasteiger partial charge in [0.2, 0.25) is 11.8 Å². The Hall–Kier alpha value is -1.10. The van der Waals surface area contributed by atoms with Gasteiger partial charge < -0.3 is 16.4 Å². The van der Waals surface area contributed by atoms with Crippen LogP contribution >= 0.6 is 0 Å². The van der Waals surface area contributed by atoms with E-state index >= 15 is 0 Å². The van der Waals surface area contributed by atoms with Crippen LogP contribution in [0.25, 0.3) is 0 Å². The van der Waals surface area contributed by atoms with Gasteiger partial charge in [0, 0.05) is 6.54 Å². The molecule has 0 aliphatic carbocycles. The maximum atomic E-state index is 11.4. The monoisotopic (exact) mass is 229 g/mol. The molecule has 4 N–H and O–H groups in total. The predicted octanol–water partition coefficient (Wildman–Crippen LogP) is 0.00220. The Bertz CT molecular complexity index is 229. The van der Waals surface area contributed by atoms with E-state index in [4.69, 9.17) is 5.73 Å². The fourth-order valence-electron chi connectivity index (χ4n) is 1.06. The lowest BCUT2D eigenvalue weighted by Crippen LogP contribution is -2.47. The second kappa shape index (κ2) is 8.10. The lowest BCUT2D eigenvalue weighted by molar-refractivity contribution is -0.127. The Morgan fingerprint density at radius 2 is 1.88 bits per heavy atom. The van der Waals surface area contributed by atoms with E-state index in [2.05, 4.69) is 17.6 Å². The Morgan fingerprint density at radius 3 is 2.38 bits per heavy atom. The molecule has 0 aromatic heterocycles. The summed E-state index contributed by atoms with van der Waals surface area (Å²) in [5, 5.41) is 5.23. The minimum atomic E-state index is -0.552. The zero-order chi connectivity index (χ0) is 12.6. The number of hydrogen-bond acceptors (Lipinski definition) is 3. The van der Waals surface area contributed by atoms with Crippen LogP contribution < -0.4 is 16.4 Å². The number of carbonyl (C=O) groups is 2. The lowest BCUT2D eigenvalue weighted by atomic mass is 10.1. The highest BCUT2D eigenvalue weighted by Gasteiger charge is 2.17. The molecule has 0 aromatic carbocycles. The second-order valence-corrected chi connectivity index (χ2v) is 4.19. The van der Waals surface area contributed by atoms with E-state index in [1.807, 2.05) is 13.8 Å². The van der Waals surface area contributed by atoms with Crippen molar-refractivity contribution >= 4 is 11.8 Å². The fraction of sp³-hybridized carbons (Fsp3) is 0.818. The molecular weight excluding hydrogens is 206 g/mol. The van der Waals surface area contributed by atoms with Crippen LogP contribution in [0, 0.1) is 5.92 Å². The van der Waals surface area contributed by atoms with Crippen molar-refractivity contribution in [1.29, 1.82) is 0 Å². The molecule has 0 spiro atoms. The molecule has 0 aliphatic heterocycles. The first-order valence-corrected chi connectivity index (χ1v) is 5.79. The average Bonchev–Trinajstić information content (AvgIpc) is 2.25. The largest absolute Gasteiger partial charge is 0.355 e. The van der Waals surface area contributed by atoms with Gasteiger partial charge in [-0.25, -0.2) is 0 Å². The number of nitrogens with one attached hydrogen (secondary N) is 2. The van der Waals surface area contributed by atoms with Crippen molar-refractivity contribution in [2.75, 3.05) is 13.1 Å². The van der Waals surface area contributed by atoms with E-state index in [1.165, 1.54) is 0 Å². The third-order valence-corrected chi connectivity index (χ3v) is 2.30. The van der Waals surface area contributed by atoms with Gasteiger partial charge in [0.15, 0.2) is 0 Å². The normalized spacial score (nSPS) is 12.3. The van der Waals surface area contributed by atoms with E-state index in [0.717, 1.165) is 12.8 Å². The number of hydrogen-bond donors (Lipinski definition) is 3. The molecule has 16 heavy (non-hydrogen) atoms. The van der Waals surface area contributed by atoms with Crippen molar-refractivity contribution in [2.45, 2.75) is 39.7 Å². The van der Waals surface area contributed by atoms with E-state index in [0.29, 0.717) is 6.54 Å². The zero-order valence-corrected chi connectivity index (χ0v) is 10.4. The molecule has 5 nitrogen and oxygen atoms in total. The Balaban J connectivity index is 3.71. The number of rotatable bonds is 7. The maximum absolute atomic E-state index is 11.4. The summed E-state index contributed by atoms with van der Waals surface area (Å²) in [6, 6.07) is -0.552. The van der Waals surface area contributed by atoms with Crippen LogP contribution in [0.2, 0.25) is 0 Å². The topological polar surface area (TPSA) is 84.2 Å². The summed E-state index contributed by atoms with van der Waals surface area (Å²) in [5.74, 6) is -0.374. The quantitative estimate of drug-likeness (QED) is 0.537. The molecular formula is C11H23N3O2. The van der Waals surface area contributed by atoms with Crippen molar-refractivity contribution in [2.24, 2.45) is 11.7 Å². The van der Waals surface area contributed by atoms with Gasteiger partial charge in [-0.2, -0.15) is 0 Å². The summed E-state index contributed by atoms with van der Waals surface area (Å²) in [7, 11) is 0. The van der Waals surface area contributed by atoms with Crippen LogP contribution in [0.1, 0.15) is 33.6 Å². The molecule has 0 aliphatic rings. The van der Waals surface area contributed by atoms with Gasteiger partial charge in [-0.05, 0) is 12.3 Å². The SMILES string of the molecule is CCCCNC(=O)CNC(=O)[C@@H](N)C(C)C. The van der Waals surface area contributed by atoms with Gasteiger partial charge in [0.1, 0.15) is 0 Å². The molecule has 0 unspecified atom stereocenters. The summed E-state index contributed by atoms with van der Waals surface area (Å²) in [4.78, 5) is 22.7. The van der Waals surface area contributed by atoms with E-state index in [-0.39, 0.29) is 24.3 Å². The lowest BCUT2D eigenvalue weighted by Gasteiger charge is -2.15. The zero-order valence-electron chi connectivity index (χ0n) is 10.4. The average molecular weight is 229 g/mol. The first-order chi connectivity index (χ1) is 7.49. The summed E-state index contributed by atoms with van der Waals surface area (Å²) in [5.41, 5.74) is 5.62. The van der Waals surface area contributed by atoms with Crippen LogP contribution in [0.15, 0.2) is 0 Å². The highest BCUT2D eigenvalue weighted by atomic mass is 16.2. The van der Waals surface area contributed by atoms with E-state index in [1.54, 1.807) is 0 Å². The molecule has 0 fully saturated rings. The number of nitrogens with two attached hydrogens (primary N) is 1. The van der Waals surface area contributed by atoms with Crippen molar-refractivity contribution in [1.82, 2.24) is 10.6 Å². The van der Waals surface area contributed by atoms with E-state index < -0.39 is 6.04 Å². The number of carbonyl (C=O) groups excluding carboxylic acids is 2. The first-order valence-electron chi connectivity index (χ1n) is 5.79. The van der Waals surface area contributed by atoms with Crippen LogP contribution in [0.4, 0.5) is 0 Å². The fourth-order valence-corrected chi connectivity index (χ4v) is 1.06. The summed E-state index contributed by atoms with van der Waals surface area (Å²) >= 11 is 0. The summed E-state index contributed by atoms with van der Waals surface area (Å²) in [6.07, 6.45) is 1.98. The Morgan fingerprint density at radius 1 is 1.25 bits per heavy atom. The second-order valence-electron chi connectivity index (χ2n) is 4.19. The van der Waals surface area contributed by atoms with Gasteiger partial charge in [0.25, 0.3) is 0 Å². The van der Waals surface area contributed by atoms with Gasteiger partial charge in [0.05, 0.1) is 12.6 Å². The molecule has 94 valence electrons. The molecule has 2 amide bonds. The first kappa shape index (κ1) is 14.9. The number of amides is 2. The van der Waals surface area contributed by atoms with Crippen LogP contribution in [-0.2, 0) is 9.59 Å². The molecule has 0 heterocycles. The maximum Gasteiger partial charge on any atom is 0.239 e. The molecule has 0 bridgehead atoms. The van der Waals surface area contributed by atoms with Crippen molar-refractivity contribution in [3.63, 3.8) is 0 Å².